The molecular formula is C16H16N4OS. The van der Waals surface area contributed by atoms with Crippen LogP contribution in [0, 0.1) is 0 Å². The monoisotopic (exact) mass is 312 g/mol. The van der Waals surface area contributed by atoms with Gasteiger partial charge < -0.3 is 5.32 Å². The Kier molecular flexibility index (Phi) is 4.60. The van der Waals surface area contributed by atoms with Gasteiger partial charge in [-0.3, -0.25) is 14.5 Å². The summed E-state index contributed by atoms with van der Waals surface area (Å²) in [6, 6.07) is 7.66. The molecule has 0 spiro atoms. The molecular weight excluding hydrogens is 296 g/mol. The summed E-state index contributed by atoms with van der Waals surface area (Å²) in [5.74, 6) is -0.0622. The number of nitrogens with zero attached hydrogens (tertiary/aromatic N) is 3. The molecule has 1 unspecified atom stereocenters. The van der Waals surface area contributed by atoms with Crippen molar-refractivity contribution in [1.29, 1.82) is 0 Å². The van der Waals surface area contributed by atoms with Crippen LogP contribution in [0.3, 0.4) is 0 Å². The Hall–Kier alpha value is -2.47. The predicted octanol–water partition coefficient (Wildman–Crippen LogP) is 2.44. The van der Waals surface area contributed by atoms with Gasteiger partial charge in [0, 0.05) is 24.8 Å². The van der Waals surface area contributed by atoms with Crippen LogP contribution < -0.4 is 5.32 Å². The smallest absolute Gasteiger partial charge is 0.242 e. The molecule has 1 amide bonds. The van der Waals surface area contributed by atoms with Crippen LogP contribution in [0.4, 0.5) is 0 Å². The van der Waals surface area contributed by atoms with E-state index in [2.05, 4.69) is 26.8 Å². The summed E-state index contributed by atoms with van der Waals surface area (Å²) in [6.07, 6.45) is 7.72. The maximum Gasteiger partial charge on any atom is 0.242 e. The number of hydrogen-bond acceptors (Lipinski definition) is 4. The van der Waals surface area contributed by atoms with Gasteiger partial charge in [-0.1, -0.05) is 6.07 Å². The van der Waals surface area contributed by atoms with E-state index in [9.17, 15) is 4.79 Å². The van der Waals surface area contributed by atoms with Gasteiger partial charge in [0.25, 0.3) is 0 Å². The summed E-state index contributed by atoms with van der Waals surface area (Å²) < 4.78 is 1.61. The highest BCUT2D eigenvalue weighted by atomic mass is 32.1. The first-order chi connectivity index (χ1) is 10.8. The van der Waals surface area contributed by atoms with Gasteiger partial charge in [0.2, 0.25) is 5.91 Å². The minimum absolute atomic E-state index is 0.0622. The van der Waals surface area contributed by atoms with Crippen LogP contribution in [-0.4, -0.2) is 20.7 Å². The molecule has 0 radical (unpaired) electrons. The molecule has 112 valence electrons. The van der Waals surface area contributed by atoms with Gasteiger partial charge in [-0.15, -0.1) is 0 Å². The first kappa shape index (κ1) is 14.5. The van der Waals surface area contributed by atoms with Crippen molar-refractivity contribution in [3.63, 3.8) is 0 Å². The quantitative estimate of drug-likeness (QED) is 0.760. The number of pyridine rings is 1. The minimum atomic E-state index is -0.0913. The third-order valence-electron chi connectivity index (χ3n) is 3.31. The van der Waals surface area contributed by atoms with E-state index in [-0.39, 0.29) is 18.5 Å². The van der Waals surface area contributed by atoms with Gasteiger partial charge in [0.05, 0.1) is 6.04 Å². The number of amides is 1. The molecule has 0 aromatic carbocycles. The fourth-order valence-corrected chi connectivity index (χ4v) is 2.94. The largest absolute Gasteiger partial charge is 0.347 e. The summed E-state index contributed by atoms with van der Waals surface area (Å²) in [7, 11) is 0. The normalized spacial score (nSPS) is 12.0. The summed E-state index contributed by atoms with van der Waals surface area (Å²) >= 11 is 1.66. The third kappa shape index (κ3) is 3.79. The van der Waals surface area contributed by atoms with Crippen molar-refractivity contribution >= 4 is 17.2 Å². The second-order valence-electron chi connectivity index (χ2n) is 4.95. The van der Waals surface area contributed by atoms with E-state index in [0.29, 0.717) is 0 Å². The number of rotatable bonds is 6. The zero-order chi connectivity index (χ0) is 15.2. The lowest BCUT2D eigenvalue weighted by Crippen LogP contribution is -2.32. The molecule has 3 rings (SSSR count). The molecule has 3 aromatic heterocycles. The van der Waals surface area contributed by atoms with Gasteiger partial charge in [-0.25, -0.2) is 0 Å². The Morgan fingerprint density at radius 2 is 2.27 bits per heavy atom. The SMILES string of the molecule is O=C(Cn1cccn1)NC(Cc1ccsc1)c1cccnc1. The van der Waals surface area contributed by atoms with E-state index in [4.69, 9.17) is 0 Å². The highest BCUT2D eigenvalue weighted by Crippen LogP contribution is 2.19. The van der Waals surface area contributed by atoms with E-state index in [1.807, 2.05) is 17.5 Å². The topological polar surface area (TPSA) is 59.8 Å². The average molecular weight is 312 g/mol. The lowest BCUT2D eigenvalue weighted by atomic mass is 10.0. The lowest BCUT2D eigenvalue weighted by molar-refractivity contribution is -0.122. The van der Waals surface area contributed by atoms with Crippen LogP contribution in [0.2, 0.25) is 0 Å². The zero-order valence-corrected chi connectivity index (χ0v) is 12.7. The van der Waals surface area contributed by atoms with Crippen molar-refractivity contribution in [1.82, 2.24) is 20.1 Å². The van der Waals surface area contributed by atoms with Gasteiger partial charge in [-0.2, -0.15) is 16.4 Å². The fourth-order valence-electron chi connectivity index (χ4n) is 2.26. The first-order valence-electron chi connectivity index (χ1n) is 6.99. The number of thiophene rings is 1. The molecule has 0 aliphatic rings. The molecule has 6 heteroatoms. The Bertz CT molecular complexity index is 695. The average Bonchev–Trinajstić information content (AvgIpc) is 3.21. The number of hydrogen-bond donors (Lipinski definition) is 1. The molecule has 3 aromatic rings. The van der Waals surface area contributed by atoms with Crippen LogP contribution in [0.15, 0.2) is 59.8 Å². The summed E-state index contributed by atoms with van der Waals surface area (Å²) in [5, 5.41) is 11.3. The van der Waals surface area contributed by atoms with E-state index in [0.717, 1.165) is 12.0 Å². The maximum atomic E-state index is 12.2. The van der Waals surface area contributed by atoms with Crippen molar-refractivity contribution in [2.75, 3.05) is 0 Å². The zero-order valence-electron chi connectivity index (χ0n) is 11.9. The molecule has 0 fully saturated rings. The summed E-state index contributed by atoms with van der Waals surface area (Å²) in [4.78, 5) is 16.4. The summed E-state index contributed by atoms with van der Waals surface area (Å²) in [5.41, 5.74) is 2.21. The van der Waals surface area contributed by atoms with Crippen molar-refractivity contribution < 1.29 is 4.79 Å². The van der Waals surface area contributed by atoms with Crippen LogP contribution in [-0.2, 0) is 17.8 Å². The standard InChI is InChI=1S/C16H16N4OS/c21-16(11-20-7-2-6-18-20)19-15(9-13-4-8-22-12-13)14-3-1-5-17-10-14/h1-8,10,12,15H,9,11H2,(H,19,21). The Morgan fingerprint density at radius 3 is 2.95 bits per heavy atom. The molecule has 0 aliphatic heterocycles. The van der Waals surface area contributed by atoms with Gasteiger partial charge in [0.15, 0.2) is 0 Å². The maximum absolute atomic E-state index is 12.2. The second kappa shape index (κ2) is 7.00. The molecule has 0 saturated heterocycles. The molecule has 0 aliphatic carbocycles. The number of aromatic nitrogens is 3. The first-order valence-corrected chi connectivity index (χ1v) is 7.93. The van der Waals surface area contributed by atoms with Gasteiger partial charge in [0.1, 0.15) is 6.54 Å². The Morgan fingerprint density at radius 1 is 1.32 bits per heavy atom. The molecule has 1 N–H and O–H groups in total. The number of carbonyl (C=O) groups excluding carboxylic acids is 1. The van der Waals surface area contributed by atoms with Crippen molar-refractivity contribution in [3.8, 4) is 0 Å². The van der Waals surface area contributed by atoms with Gasteiger partial charge >= 0.3 is 0 Å². The summed E-state index contributed by atoms with van der Waals surface area (Å²) in [6.45, 7) is 0.216. The minimum Gasteiger partial charge on any atom is -0.347 e. The van der Waals surface area contributed by atoms with E-state index in [1.165, 1.54) is 5.56 Å². The molecule has 5 nitrogen and oxygen atoms in total. The molecule has 0 saturated carbocycles. The van der Waals surface area contributed by atoms with E-state index in [1.54, 1.807) is 46.9 Å². The lowest BCUT2D eigenvalue weighted by Gasteiger charge is -2.18. The highest BCUT2D eigenvalue weighted by Gasteiger charge is 2.16. The molecule has 0 bridgehead atoms. The van der Waals surface area contributed by atoms with E-state index < -0.39 is 0 Å². The Balaban J connectivity index is 1.72. The van der Waals surface area contributed by atoms with E-state index >= 15 is 0 Å². The number of nitrogens with one attached hydrogen (secondary N) is 1. The highest BCUT2D eigenvalue weighted by molar-refractivity contribution is 7.07. The van der Waals surface area contributed by atoms with Crippen LogP contribution in [0.25, 0.3) is 0 Å². The third-order valence-corrected chi connectivity index (χ3v) is 4.04. The second-order valence-corrected chi connectivity index (χ2v) is 5.73. The fraction of sp³-hybridized carbons (Fsp3) is 0.188. The van der Waals surface area contributed by atoms with Crippen molar-refractivity contribution in [3.05, 3.63) is 70.9 Å². The predicted molar refractivity (Wildman–Crippen MR) is 85.4 cm³/mol. The van der Waals surface area contributed by atoms with Gasteiger partial charge in [-0.05, 0) is 46.5 Å². The van der Waals surface area contributed by atoms with Crippen LogP contribution >= 0.6 is 11.3 Å². The van der Waals surface area contributed by atoms with Crippen LogP contribution in [0.1, 0.15) is 17.2 Å². The number of carbonyl (C=O) groups is 1. The Labute approximate surface area is 132 Å². The van der Waals surface area contributed by atoms with Crippen molar-refractivity contribution in [2.45, 2.75) is 19.0 Å². The van der Waals surface area contributed by atoms with Crippen LogP contribution in [0.5, 0.6) is 0 Å². The molecule has 22 heavy (non-hydrogen) atoms. The molecule has 3 heterocycles. The van der Waals surface area contributed by atoms with Crippen molar-refractivity contribution in [2.24, 2.45) is 0 Å². The molecule has 1 atom stereocenters.